The highest BCUT2D eigenvalue weighted by molar-refractivity contribution is 6.30. The molecule has 2 aliphatic heterocycles. The number of hydrogen-bond donors (Lipinski definition) is 1. The normalized spacial score (nSPS) is 18.3. The third-order valence-corrected chi connectivity index (χ3v) is 8.94. The Hall–Kier alpha value is -4.15. The zero-order chi connectivity index (χ0) is 32.1. The first kappa shape index (κ1) is 32.2. The maximum absolute atomic E-state index is 14.1. The Balaban J connectivity index is 1.32. The molecule has 2 aliphatic rings. The van der Waals surface area contributed by atoms with Crippen LogP contribution in [0.15, 0.2) is 54.6 Å². The van der Waals surface area contributed by atoms with Crippen LogP contribution in [0.4, 0.5) is 5.69 Å². The average molecular weight is 637 g/mol. The van der Waals surface area contributed by atoms with Gasteiger partial charge in [-0.2, -0.15) is 0 Å². The number of nitrogens with zero attached hydrogens (tertiary/aromatic N) is 3. The number of amides is 2. The number of hydrogen-bond acceptors (Lipinski definition) is 8. The maximum Gasteiger partial charge on any atom is 0.254 e. The van der Waals surface area contributed by atoms with Crippen molar-refractivity contribution in [3.8, 4) is 23.0 Å². The molecular weight excluding hydrogens is 596 g/mol. The molecule has 3 aromatic rings. The van der Waals surface area contributed by atoms with E-state index in [0.717, 1.165) is 55.4 Å². The number of piperazine rings is 1. The van der Waals surface area contributed by atoms with E-state index in [-0.39, 0.29) is 11.8 Å². The number of fused-ring (bicyclic) bond motifs is 1. The Morgan fingerprint density at radius 2 is 1.53 bits per heavy atom. The second kappa shape index (κ2) is 14.3. The van der Waals surface area contributed by atoms with E-state index >= 15 is 0 Å². The first-order valence-corrected chi connectivity index (χ1v) is 15.4. The van der Waals surface area contributed by atoms with Crippen LogP contribution in [0.2, 0.25) is 5.02 Å². The van der Waals surface area contributed by atoms with Crippen molar-refractivity contribution < 1.29 is 28.5 Å². The van der Waals surface area contributed by atoms with Crippen molar-refractivity contribution in [2.45, 2.75) is 18.4 Å². The SMILES string of the molecule is COc1ccc([C@@H]2[C@H](C(=O)NCCCN3CCN(c4cccc(Cl)c4)CC3)c3cc(OC)c(OC)cc3C(=O)N2C)cc1OC. The van der Waals surface area contributed by atoms with E-state index < -0.39 is 12.0 Å². The van der Waals surface area contributed by atoms with Crippen LogP contribution in [0.25, 0.3) is 0 Å². The second-order valence-electron chi connectivity index (χ2n) is 11.2. The Labute approximate surface area is 269 Å². The fourth-order valence-electron chi connectivity index (χ4n) is 6.31. The molecule has 2 atom stereocenters. The van der Waals surface area contributed by atoms with Crippen molar-refractivity contribution in [3.63, 3.8) is 0 Å². The van der Waals surface area contributed by atoms with E-state index in [1.807, 2.05) is 30.3 Å². The quantitative estimate of drug-likeness (QED) is 0.305. The summed E-state index contributed by atoms with van der Waals surface area (Å²) >= 11 is 6.19. The molecule has 5 rings (SSSR count). The van der Waals surface area contributed by atoms with Crippen LogP contribution in [0.3, 0.4) is 0 Å². The molecule has 3 aromatic carbocycles. The van der Waals surface area contributed by atoms with Gasteiger partial charge in [0, 0.05) is 56.0 Å². The van der Waals surface area contributed by atoms with Crippen molar-refractivity contribution in [2.24, 2.45) is 0 Å². The molecule has 240 valence electrons. The van der Waals surface area contributed by atoms with E-state index in [2.05, 4.69) is 21.2 Å². The summed E-state index contributed by atoms with van der Waals surface area (Å²) in [6, 6.07) is 16.2. The Kier molecular flexibility index (Phi) is 10.2. The van der Waals surface area contributed by atoms with Gasteiger partial charge in [0.1, 0.15) is 0 Å². The summed E-state index contributed by atoms with van der Waals surface area (Å²) in [5.74, 6) is 0.865. The summed E-state index contributed by atoms with van der Waals surface area (Å²) in [7, 11) is 7.91. The van der Waals surface area contributed by atoms with Crippen molar-refractivity contribution in [1.82, 2.24) is 15.1 Å². The molecule has 0 spiro atoms. The minimum atomic E-state index is -0.707. The molecular formula is C34H41ClN4O6. The molecule has 0 radical (unpaired) electrons. The fraction of sp³-hybridized carbons (Fsp3) is 0.412. The van der Waals surface area contributed by atoms with Crippen LogP contribution in [-0.2, 0) is 4.79 Å². The smallest absolute Gasteiger partial charge is 0.254 e. The van der Waals surface area contributed by atoms with Gasteiger partial charge in [0.25, 0.3) is 5.91 Å². The highest BCUT2D eigenvalue weighted by atomic mass is 35.5. The van der Waals surface area contributed by atoms with Gasteiger partial charge in [-0.05, 0) is 66.6 Å². The monoisotopic (exact) mass is 636 g/mol. The number of likely N-dealkylation sites (N-methyl/N-ethyl adjacent to an activating group) is 1. The molecule has 11 heteroatoms. The first-order chi connectivity index (χ1) is 21.8. The lowest BCUT2D eigenvalue weighted by Crippen LogP contribution is -2.47. The Morgan fingerprint density at radius 3 is 2.20 bits per heavy atom. The minimum Gasteiger partial charge on any atom is -0.493 e. The summed E-state index contributed by atoms with van der Waals surface area (Å²) in [6.45, 7) is 5.09. The van der Waals surface area contributed by atoms with Crippen molar-refractivity contribution in [2.75, 3.05) is 79.7 Å². The number of carbonyl (C=O) groups is 2. The molecule has 0 unspecified atom stereocenters. The van der Waals surface area contributed by atoms with Crippen LogP contribution in [0.1, 0.15) is 39.9 Å². The average Bonchev–Trinajstić information content (AvgIpc) is 3.07. The van der Waals surface area contributed by atoms with Crippen molar-refractivity contribution >= 4 is 29.1 Å². The van der Waals surface area contributed by atoms with Crippen LogP contribution in [0.5, 0.6) is 23.0 Å². The van der Waals surface area contributed by atoms with Crippen molar-refractivity contribution in [1.29, 1.82) is 0 Å². The number of methoxy groups -OCH3 is 4. The topological polar surface area (TPSA) is 92.8 Å². The molecule has 2 amide bonds. The third kappa shape index (κ3) is 6.77. The van der Waals surface area contributed by atoms with Gasteiger partial charge in [-0.1, -0.05) is 23.7 Å². The number of nitrogens with one attached hydrogen (secondary N) is 1. The molecule has 1 saturated heterocycles. The molecule has 2 heterocycles. The van der Waals surface area contributed by atoms with Gasteiger partial charge in [0.2, 0.25) is 5.91 Å². The van der Waals surface area contributed by atoms with E-state index in [9.17, 15) is 9.59 Å². The lowest BCUT2D eigenvalue weighted by molar-refractivity contribution is -0.124. The van der Waals surface area contributed by atoms with E-state index in [1.165, 1.54) is 14.2 Å². The predicted molar refractivity (Wildman–Crippen MR) is 174 cm³/mol. The molecule has 1 fully saturated rings. The highest BCUT2D eigenvalue weighted by Gasteiger charge is 2.43. The van der Waals surface area contributed by atoms with Gasteiger partial charge in [-0.25, -0.2) is 0 Å². The van der Waals surface area contributed by atoms with Gasteiger partial charge in [-0.3, -0.25) is 14.5 Å². The Bertz CT molecular complexity index is 1530. The van der Waals surface area contributed by atoms with Gasteiger partial charge in [0.05, 0.1) is 40.4 Å². The van der Waals surface area contributed by atoms with Crippen LogP contribution >= 0.6 is 11.6 Å². The fourth-order valence-corrected chi connectivity index (χ4v) is 6.50. The zero-order valence-corrected chi connectivity index (χ0v) is 27.2. The molecule has 0 saturated carbocycles. The molecule has 0 bridgehead atoms. The summed E-state index contributed by atoms with van der Waals surface area (Å²) < 4.78 is 22.0. The lowest BCUT2D eigenvalue weighted by Gasteiger charge is -2.40. The van der Waals surface area contributed by atoms with Gasteiger partial charge in [0.15, 0.2) is 23.0 Å². The third-order valence-electron chi connectivity index (χ3n) is 8.70. The number of ether oxygens (including phenoxy) is 4. The number of halogens is 1. The highest BCUT2D eigenvalue weighted by Crippen LogP contribution is 2.46. The van der Waals surface area contributed by atoms with Crippen LogP contribution < -0.4 is 29.2 Å². The molecule has 45 heavy (non-hydrogen) atoms. The van der Waals surface area contributed by atoms with Crippen molar-refractivity contribution in [3.05, 3.63) is 76.3 Å². The number of rotatable bonds is 11. The largest absolute Gasteiger partial charge is 0.493 e. The minimum absolute atomic E-state index is 0.173. The summed E-state index contributed by atoms with van der Waals surface area (Å²) in [5.41, 5.74) is 2.89. The summed E-state index contributed by atoms with van der Waals surface area (Å²) in [6.07, 6.45) is 0.796. The second-order valence-corrected chi connectivity index (χ2v) is 11.6. The molecule has 10 nitrogen and oxygen atoms in total. The Morgan fingerprint density at radius 1 is 0.867 bits per heavy atom. The standard InChI is InChI=1S/C34H41ClN4O6/c1-37-32(22-10-11-27(42-2)28(18-22)43-3)31(25-20-29(44-4)30(45-5)21-26(25)34(37)41)33(40)36-12-7-13-38-14-16-39(17-15-38)24-9-6-8-23(35)19-24/h6,8-11,18-21,31-32H,7,12-17H2,1-5H3,(H,36,40)/t31-,32-/m1/s1. The van der Waals surface area contributed by atoms with E-state index in [4.69, 9.17) is 30.5 Å². The molecule has 0 aliphatic carbocycles. The van der Waals surface area contributed by atoms with E-state index in [0.29, 0.717) is 40.7 Å². The summed E-state index contributed by atoms with van der Waals surface area (Å²) in [5, 5.41) is 3.91. The maximum atomic E-state index is 14.1. The number of benzene rings is 3. The number of carbonyl (C=O) groups excluding carboxylic acids is 2. The van der Waals surface area contributed by atoms with Gasteiger partial charge < -0.3 is 34.1 Å². The first-order valence-electron chi connectivity index (χ1n) is 15.0. The lowest BCUT2D eigenvalue weighted by atomic mass is 9.79. The van der Waals surface area contributed by atoms with Gasteiger partial charge in [-0.15, -0.1) is 0 Å². The molecule has 0 aromatic heterocycles. The predicted octanol–water partition coefficient (Wildman–Crippen LogP) is 4.61. The zero-order valence-electron chi connectivity index (χ0n) is 26.5. The number of anilines is 1. The van der Waals surface area contributed by atoms with Crippen LogP contribution in [-0.4, -0.2) is 96.4 Å². The van der Waals surface area contributed by atoms with E-state index in [1.54, 1.807) is 44.4 Å². The summed E-state index contributed by atoms with van der Waals surface area (Å²) in [4.78, 5) is 34.2. The van der Waals surface area contributed by atoms with Gasteiger partial charge >= 0.3 is 0 Å². The molecule has 1 N–H and O–H groups in total. The van der Waals surface area contributed by atoms with Crippen LogP contribution in [0, 0.1) is 0 Å².